The monoisotopic (exact) mass is 273 g/mol. The van der Waals surface area contributed by atoms with Crippen LogP contribution < -0.4 is 0 Å². The van der Waals surface area contributed by atoms with Crippen LogP contribution in [0.15, 0.2) is 0 Å². The van der Waals surface area contributed by atoms with Crippen LogP contribution in [0, 0.1) is 0 Å². The van der Waals surface area contributed by atoms with E-state index in [1.165, 1.54) is 31.7 Å². The van der Waals surface area contributed by atoms with E-state index in [2.05, 4.69) is 56.0 Å². The van der Waals surface area contributed by atoms with Crippen molar-refractivity contribution in [3.63, 3.8) is 0 Å². The predicted octanol–water partition coefficient (Wildman–Crippen LogP) is 1.57. The Balaban J connectivity index is 2.65. The van der Waals surface area contributed by atoms with E-state index >= 15 is 0 Å². The second kappa shape index (κ2) is 7.00. The van der Waals surface area contributed by atoms with Crippen LogP contribution in [0.1, 0.15) is 25.7 Å². The van der Waals surface area contributed by atoms with Crippen molar-refractivity contribution in [1.82, 2.24) is 13.7 Å². The van der Waals surface area contributed by atoms with Crippen molar-refractivity contribution in [3.05, 3.63) is 0 Å². The number of nitrogens with zero attached hydrogens (tertiary/aromatic N) is 3. The fourth-order valence-corrected chi connectivity index (χ4v) is 7.71. The molecule has 0 saturated carbocycles. The van der Waals surface area contributed by atoms with E-state index in [9.17, 15) is 0 Å². The maximum atomic E-state index is 5.88. The second-order valence-corrected chi connectivity index (χ2v) is 10.7. The molecule has 0 bridgehead atoms. The molecular weight excluding hydrogens is 242 g/mol. The van der Waals surface area contributed by atoms with Crippen molar-refractivity contribution >= 4 is 8.56 Å². The summed E-state index contributed by atoms with van der Waals surface area (Å²) in [6.45, 7) is 0.963. The zero-order valence-electron chi connectivity index (χ0n) is 13.1. The van der Waals surface area contributed by atoms with Crippen LogP contribution in [-0.4, -0.2) is 77.3 Å². The zero-order chi connectivity index (χ0) is 13.8. The van der Waals surface area contributed by atoms with E-state index in [0.717, 1.165) is 6.61 Å². The molecular formula is C13H31N3OSi. The maximum Gasteiger partial charge on any atom is 0.288 e. The summed E-state index contributed by atoms with van der Waals surface area (Å²) < 4.78 is 13.2. The fraction of sp³-hybridized carbons (Fsp3) is 1.00. The Bertz CT molecular complexity index is 219. The first kappa shape index (κ1) is 16.1. The third-order valence-electron chi connectivity index (χ3n) is 4.22. The van der Waals surface area contributed by atoms with Gasteiger partial charge in [-0.2, -0.15) is 0 Å². The Labute approximate surface area is 114 Å². The van der Waals surface area contributed by atoms with Crippen LogP contribution >= 0.6 is 0 Å². The van der Waals surface area contributed by atoms with Gasteiger partial charge in [0.2, 0.25) is 0 Å². The Kier molecular flexibility index (Phi) is 6.27. The van der Waals surface area contributed by atoms with Gasteiger partial charge in [-0.1, -0.05) is 0 Å². The first-order valence-corrected chi connectivity index (χ1v) is 9.10. The molecule has 0 amide bonds. The third-order valence-corrected chi connectivity index (χ3v) is 9.48. The zero-order valence-corrected chi connectivity index (χ0v) is 14.1. The summed E-state index contributed by atoms with van der Waals surface area (Å²) in [5.74, 6) is 0. The van der Waals surface area contributed by atoms with Crippen LogP contribution in [0.2, 0.25) is 6.04 Å². The number of hydrogen-bond donors (Lipinski definition) is 0. The van der Waals surface area contributed by atoms with E-state index in [1.54, 1.807) is 0 Å². The van der Waals surface area contributed by atoms with Gasteiger partial charge in [-0.05, 0) is 74.0 Å². The molecule has 0 spiro atoms. The van der Waals surface area contributed by atoms with Gasteiger partial charge in [0.05, 0.1) is 6.10 Å². The topological polar surface area (TPSA) is 19.0 Å². The lowest BCUT2D eigenvalue weighted by Crippen LogP contribution is -2.69. The fourth-order valence-electron chi connectivity index (χ4n) is 3.26. The van der Waals surface area contributed by atoms with Gasteiger partial charge in [0, 0.05) is 6.61 Å². The predicted molar refractivity (Wildman–Crippen MR) is 79.8 cm³/mol. The molecule has 0 aromatic carbocycles. The van der Waals surface area contributed by atoms with Gasteiger partial charge in [-0.25, -0.2) is 0 Å². The van der Waals surface area contributed by atoms with Gasteiger partial charge < -0.3 is 18.4 Å². The highest BCUT2D eigenvalue weighted by Crippen LogP contribution is 2.25. The van der Waals surface area contributed by atoms with Gasteiger partial charge >= 0.3 is 0 Å². The van der Waals surface area contributed by atoms with Crippen LogP contribution in [0.4, 0.5) is 0 Å². The van der Waals surface area contributed by atoms with Crippen LogP contribution in [0.5, 0.6) is 0 Å². The molecule has 0 N–H and O–H groups in total. The Morgan fingerprint density at radius 1 is 0.944 bits per heavy atom. The Morgan fingerprint density at radius 2 is 1.50 bits per heavy atom. The maximum absolute atomic E-state index is 5.88. The molecule has 1 atom stereocenters. The lowest BCUT2D eigenvalue weighted by Gasteiger charge is -2.47. The molecule has 0 radical (unpaired) electrons. The van der Waals surface area contributed by atoms with Crippen LogP contribution in [0.3, 0.4) is 0 Å². The summed E-state index contributed by atoms with van der Waals surface area (Å²) in [5.41, 5.74) is 0. The average Bonchev–Trinajstić information content (AvgIpc) is 2.29. The summed E-state index contributed by atoms with van der Waals surface area (Å²) in [7, 11) is 11.6. The summed E-state index contributed by atoms with van der Waals surface area (Å²) in [4.78, 5) is 0. The van der Waals surface area contributed by atoms with Gasteiger partial charge in [0.1, 0.15) is 0 Å². The van der Waals surface area contributed by atoms with Crippen LogP contribution in [-0.2, 0) is 4.74 Å². The van der Waals surface area contributed by atoms with E-state index in [4.69, 9.17) is 4.74 Å². The van der Waals surface area contributed by atoms with Crippen molar-refractivity contribution in [2.75, 3.05) is 48.9 Å². The van der Waals surface area contributed by atoms with E-state index in [-0.39, 0.29) is 0 Å². The minimum Gasteiger partial charge on any atom is -0.378 e. The molecule has 1 aliphatic heterocycles. The standard InChI is InChI=1S/C13H31N3OSi/c1-14(2)18(15(3)4,16(5)6)12-10-13-9-7-8-11-17-13/h13H,7-12H2,1-6H3. The Morgan fingerprint density at radius 3 is 1.89 bits per heavy atom. The first-order valence-electron chi connectivity index (χ1n) is 7.05. The van der Waals surface area contributed by atoms with Crippen LogP contribution in [0.25, 0.3) is 0 Å². The summed E-state index contributed by atoms with van der Waals surface area (Å²) in [6, 6.07) is 1.24. The molecule has 1 saturated heterocycles. The van der Waals surface area contributed by atoms with Crippen molar-refractivity contribution in [2.45, 2.75) is 37.8 Å². The molecule has 1 unspecified atom stereocenters. The highest BCUT2D eigenvalue weighted by atomic mass is 28.4. The van der Waals surface area contributed by atoms with Crippen molar-refractivity contribution in [3.8, 4) is 0 Å². The van der Waals surface area contributed by atoms with Crippen molar-refractivity contribution < 1.29 is 4.74 Å². The van der Waals surface area contributed by atoms with Gasteiger partial charge in [-0.15, -0.1) is 0 Å². The highest BCUT2D eigenvalue weighted by molar-refractivity contribution is 6.71. The molecule has 1 rings (SSSR count). The SMILES string of the molecule is CN(C)[Si](CCC1CCCCO1)(N(C)C)N(C)C. The van der Waals surface area contributed by atoms with Crippen molar-refractivity contribution in [1.29, 1.82) is 0 Å². The molecule has 0 aromatic heterocycles. The van der Waals surface area contributed by atoms with Gasteiger partial charge in [0.25, 0.3) is 8.56 Å². The lowest BCUT2D eigenvalue weighted by molar-refractivity contribution is 0.0132. The molecule has 1 fully saturated rings. The van der Waals surface area contributed by atoms with E-state index in [1.807, 2.05) is 0 Å². The Hall–Kier alpha value is 0.0569. The minimum absolute atomic E-state index is 0.491. The summed E-state index contributed by atoms with van der Waals surface area (Å²) >= 11 is 0. The molecule has 0 aliphatic carbocycles. The highest BCUT2D eigenvalue weighted by Gasteiger charge is 2.42. The largest absolute Gasteiger partial charge is 0.378 e. The molecule has 0 aromatic rings. The normalized spacial score (nSPS) is 22.2. The molecule has 1 aliphatic rings. The van der Waals surface area contributed by atoms with Gasteiger partial charge in [-0.3, -0.25) is 0 Å². The number of rotatable bonds is 6. The van der Waals surface area contributed by atoms with Crippen molar-refractivity contribution in [2.24, 2.45) is 0 Å². The molecule has 4 nitrogen and oxygen atoms in total. The molecule has 108 valence electrons. The molecule has 18 heavy (non-hydrogen) atoms. The number of ether oxygens (including phenoxy) is 1. The second-order valence-electron chi connectivity index (χ2n) is 5.98. The molecule has 1 heterocycles. The summed E-state index contributed by atoms with van der Waals surface area (Å²) in [6.07, 6.45) is 5.52. The quantitative estimate of drug-likeness (QED) is 0.684. The molecule has 5 heteroatoms. The number of hydrogen-bond acceptors (Lipinski definition) is 4. The minimum atomic E-state index is -1.69. The van der Waals surface area contributed by atoms with Gasteiger partial charge in [0.15, 0.2) is 0 Å². The summed E-state index contributed by atoms with van der Waals surface area (Å²) in [5, 5.41) is 0. The third kappa shape index (κ3) is 3.54. The average molecular weight is 273 g/mol. The van der Waals surface area contributed by atoms with E-state index in [0.29, 0.717) is 6.10 Å². The lowest BCUT2D eigenvalue weighted by atomic mass is 10.1. The first-order chi connectivity index (χ1) is 8.41. The van der Waals surface area contributed by atoms with E-state index < -0.39 is 8.56 Å². The smallest absolute Gasteiger partial charge is 0.288 e.